The molecule has 166 valence electrons. The Kier molecular flexibility index (Phi) is 10.9. The molecule has 5 atom stereocenters. The minimum absolute atomic E-state index is 0.379. The normalized spacial score (nSPS) is 16.1. The summed E-state index contributed by atoms with van der Waals surface area (Å²) in [4.78, 5) is 59.5. The van der Waals surface area contributed by atoms with Crippen molar-refractivity contribution in [3.05, 3.63) is 0 Å². The van der Waals surface area contributed by atoms with Crippen molar-refractivity contribution < 1.29 is 34.2 Å². The van der Waals surface area contributed by atoms with E-state index in [9.17, 15) is 29.1 Å². The third-order valence-electron chi connectivity index (χ3n) is 4.45. The number of aliphatic carboxylic acids is 2. The maximum absolute atomic E-state index is 12.7. The summed E-state index contributed by atoms with van der Waals surface area (Å²) >= 11 is 0. The quantitative estimate of drug-likeness (QED) is 0.235. The fourth-order valence-electron chi connectivity index (χ4n) is 2.40. The van der Waals surface area contributed by atoms with Crippen molar-refractivity contribution in [2.75, 3.05) is 0 Å². The molecule has 0 fully saturated rings. The molecule has 0 aromatic heterocycles. The zero-order chi connectivity index (χ0) is 22.9. The number of hydrogen-bond acceptors (Lipinski definition) is 6. The highest BCUT2D eigenvalue weighted by molar-refractivity contribution is 5.95. The van der Waals surface area contributed by atoms with Crippen LogP contribution in [0.25, 0.3) is 0 Å². The summed E-state index contributed by atoms with van der Waals surface area (Å²) in [6, 6.07) is -4.67. The molecule has 0 rings (SSSR count). The van der Waals surface area contributed by atoms with Crippen LogP contribution in [0, 0.1) is 11.8 Å². The topological polar surface area (TPSA) is 188 Å². The summed E-state index contributed by atoms with van der Waals surface area (Å²) in [5.74, 6) is -5.62. The van der Waals surface area contributed by atoms with Gasteiger partial charge >= 0.3 is 11.9 Å². The SMILES string of the molecule is CCC(C)C(NC(=O)C(CC(=O)O)NC(=O)C(C)N)C(=O)NC(C(=O)O)C(C)C. The first-order chi connectivity index (χ1) is 13.3. The van der Waals surface area contributed by atoms with Gasteiger partial charge in [0.25, 0.3) is 0 Å². The van der Waals surface area contributed by atoms with Gasteiger partial charge in [0, 0.05) is 0 Å². The van der Waals surface area contributed by atoms with Crippen molar-refractivity contribution >= 4 is 29.7 Å². The average Bonchev–Trinajstić information content (AvgIpc) is 2.61. The highest BCUT2D eigenvalue weighted by Gasteiger charge is 2.33. The zero-order valence-corrected chi connectivity index (χ0v) is 17.4. The molecule has 0 aromatic rings. The number of carbonyl (C=O) groups excluding carboxylic acids is 3. The van der Waals surface area contributed by atoms with Crippen molar-refractivity contribution in [2.45, 2.75) is 71.6 Å². The minimum atomic E-state index is -1.44. The van der Waals surface area contributed by atoms with Gasteiger partial charge < -0.3 is 31.9 Å². The van der Waals surface area contributed by atoms with Gasteiger partial charge in [0.05, 0.1) is 12.5 Å². The van der Waals surface area contributed by atoms with Gasteiger partial charge in [-0.2, -0.15) is 0 Å². The maximum Gasteiger partial charge on any atom is 0.326 e. The van der Waals surface area contributed by atoms with Gasteiger partial charge in [-0.3, -0.25) is 19.2 Å². The largest absolute Gasteiger partial charge is 0.481 e. The van der Waals surface area contributed by atoms with Gasteiger partial charge in [0.2, 0.25) is 17.7 Å². The number of carboxylic acid groups (broad SMARTS) is 2. The van der Waals surface area contributed by atoms with E-state index in [2.05, 4.69) is 16.0 Å². The second-order valence-corrected chi connectivity index (χ2v) is 7.39. The lowest BCUT2D eigenvalue weighted by Gasteiger charge is -2.28. The molecule has 0 saturated heterocycles. The van der Waals surface area contributed by atoms with Gasteiger partial charge in [0.1, 0.15) is 18.1 Å². The van der Waals surface area contributed by atoms with Crippen molar-refractivity contribution in [3.63, 3.8) is 0 Å². The van der Waals surface area contributed by atoms with E-state index >= 15 is 0 Å². The molecule has 7 N–H and O–H groups in total. The van der Waals surface area contributed by atoms with E-state index in [1.807, 2.05) is 0 Å². The second kappa shape index (κ2) is 12.0. The first-order valence-electron chi connectivity index (χ1n) is 9.43. The lowest BCUT2D eigenvalue weighted by atomic mass is 9.96. The Morgan fingerprint density at radius 3 is 1.72 bits per heavy atom. The first-order valence-corrected chi connectivity index (χ1v) is 9.43. The number of nitrogens with two attached hydrogens (primary N) is 1. The van der Waals surface area contributed by atoms with Crippen molar-refractivity contribution in [1.82, 2.24) is 16.0 Å². The van der Waals surface area contributed by atoms with Gasteiger partial charge in [-0.05, 0) is 18.8 Å². The number of hydrogen-bond donors (Lipinski definition) is 6. The third-order valence-corrected chi connectivity index (χ3v) is 4.45. The predicted molar refractivity (Wildman–Crippen MR) is 104 cm³/mol. The Hall–Kier alpha value is -2.69. The molecule has 0 radical (unpaired) electrons. The zero-order valence-electron chi connectivity index (χ0n) is 17.4. The average molecular weight is 416 g/mol. The summed E-state index contributed by atoms with van der Waals surface area (Å²) in [6.45, 7) is 8.09. The van der Waals surface area contributed by atoms with Crippen LogP contribution in [0.15, 0.2) is 0 Å². The molecule has 0 spiro atoms. The fourth-order valence-corrected chi connectivity index (χ4v) is 2.40. The molecule has 29 heavy (non-hydrogen) atoms. The highest BCUT2D eigenvalue weighted by atomic mass is 16.4. The van der Waals surface area contributed by atoms with E-state index in [4.69, 9.17) is 10.8 Å². The number of carbonyl (C=O) groups is 5. The van der Waals surface area contributed by atoms with Crippen molar-refractivity contribution in [3.8, 4) is 0 Å². The molecular formula is C18H32N4O7. The Balaban J connectivity index is 5.52. The van der Waals surface area contributed by atoms with Crippen LogP contribution in [0.1, 0.15) is 47.5 Å². The Bertz CT molecular complexity index is 621. The van der Waals surface area contributed by atoms with Crippen LogP contribution in [0.2, 0.25) is 0 Å². The van der Waals surface area contributed by atoms with E-state index in [-0.39, 0.29) is 5.92 Å². The number of rotatable bonds is 12. The van der Waals surface area contributed by atoms with Gasteiger partial charge in [-0.1, -0.05) is 34.1 Å². The van der Waals surface area contributed by atoms with Crippen LogP contribution >= 0.6 is 0 Å². The summed E-state index contributed by atoms with van der Waals surface area (Å²) in [5.41, 5.74) is 5.43. The van der Waals surface area contributed by atoms with Crippen LogP contribution in [0.5, 0.6) is 0 Å². The monoisotopic (exact) mass is 416 g/mol. The smallest absolute Gasteiger partial charge is 0.326 e. The number of carboxylic acids is 2. The fraction of sp³-hybridized carbons (Fsp3) is 0.722. The van der Waals surface area contributed by atoms with E-state index in [1.165, 1.54) is 6.92 Å². The first kappa shape index (κ1) is 26.3. The van der Waals surface area contributed by atoms with E-state index in [1.54, 1.807) is 27.7 Å². The molecule has 0 heterocycles. The third kappa shape index (κ3) is 8.90. The van der Waals surface area contributed by atoms with E-state index < -0.39 is 66.2 Å². The lowest BCUT2D eigenvalue weighted by molar-refractivity contribution is -0.144. The van der Waals surface area contributed by atoms with Crippen LogP contribution in [-0.4, -0.2) is 64.0 Å². The Morgan fingerprint density at radius 1 is 0.828 bits per heavy atom. The lowest BCUT2D eigenvalue weighted by Crippen LogP contribution is -2.59. The number of nitrogens with one attached hydrogen (secondary N) is 3. The molecule has 0 saturated carbocycles. The van der Waals surface area contributed by atoms with Crippen LogP contribution in [0.4, 0.5) is 0 Å². The van der Waals surface area contributed by atoms with Crippen LogP contribution < -0.4 is 21.7 Å². The molecule has 0 aromatic carbocycles. The second-order valence-electron chi connectivity index (χ2n) is 7.39. The van der Waals surface area contributed by atoms with Crippen molar-refractivity contribution in [2.24, 2.45) is 17.6 Å². The van der Waals surface area contributed by atoms with Crippen LogP contribution in [0.3, 0.4) is 0 Å². The standard InChI is InChI=1S/C18H32N4O7/c1-6-9(4)14(17(27)21-13(8(2)3)18(28)29)22-16(26)11(7-12(23)24)20-15(25)10(5)19/h8-11,13-14H,6-7,19H2,1-5H3,(H,20,25)(H,21,27)(H,22,26)(H,23,24)(H,28,29). The van der Waals surface area contributed by atoms with Gasteiger partial charge in [-0.15, -0.1) is 0 Å². The summed E-state index contributed by atoms with van der Waals surface area (Å²) in [6.07, 6.45) is -0.226. The molecule has 5 unspecified atom stereocenters. The number of amides is 3. The van der Waals surface area contributed by atoms with E-state index in [0.29, 0.717) is 6.42 Å². The molecule has 11 heteroatoms. The highest BCUT2D eigenvalue weighted by Crippen LogP contribution is 2.11. The summed E-state index contributed by atoms with van der Waals surface area (Å²) < 4.78 is 0. The van der Waals surface area contributed by atoms with Gasteiger partial charge in [0.15, 0.2) is 0 Å². The summed E-state index contributed by atoms with van der Waals surface area (Å²) in [5, 5.41) is 25.4. The van der Waals surface area contributed by atoms with E-state index in [0.717, 1.165) is 0 Å². The molecule has 0 aliphatic heterocycles. The van der Waals surface area contributed by atoms with Crippen molar-refractivity contribution in [1.29, 1.82) is 0 Å². The molecule has 0 bridgehead atoms. The molecule has 0 aliphatic rings. The summed E-state index contributed by atoms with van der Waals surface area (Å²) in [7, 11) is 0. The molecule has 3 amide bonds. The molecule has 0 aliphatic carbocycles. The Labute approximate surface area is 169 Å². The molecular weight excluding hydrogens is 384 g/mol. The van der Waals surface area contributed by atoms with Crippen LogP contribution in [-0.2, 0) is 24.0 Å². The Morgan fingerprint density at radius 2 is 1.34 bits per heavy atom. The molecule has 11 nitrogen and oxygen atoms in total. The van der Waals surface area contributed by atoms with Gasteiger partial charge in [-0.25, -0.2) is 4.79 Å². The maximum atomic E-state index is 12.7. The minimum Gasteiger partial charge on any atom is -0.481 e. The predicted octanol–water partition coefficient (Wildman–Crippen LogP) is -0.951.